The van der Waals surface area contributed by atoms with Crippen molar-refractivity contribution in [2.45, 2.75) is 19.4 Å². The second-order valence-corrected chi connectivity index (χ2v) is 7.72. The number of pyridine rings is 1. The summed E-state index contributed by atoms with van der Waals surface area (Å²) in [5, 5.41) is 12.2. The number of anilines is 1. The molecule has 0 unspecified atom stereocenters. The number of nitrogens with one attached hydrogen (secondary N) is 1. The molecule has 0 saturated heterocycles. The molecule has 1 aromatic carbocycles. The maximum atomic E-state index is 12.8. The Labute approximate surface area is 186 Å². The van der Waals surface area contributed by atoms with Gasteiger partial charge in [-0.3, -0.25) is 19.1 Å². The zero-order chi connectivity index (χ0) is 22.5. The SMILES string of the molecule is COc1cc2ncn(CCCC(=O)Nc3nnc(-c4ccccn4)s3)c(=O)c2cc1OC. The van der Waals surface area contributed by atoms with Gasteiger partial charge in [-0.05, 0) is 24.6 Å². The van der Waals surface area contributed by atoms with Crippen LogP contribution >= 0.6 is 11.3 Å². The van der Waals surface area contributed by atoms with Crippen LogP contribution in [0.3, 0.4) is 0 Å². The highest BCUT2D eigenvalue weighted by molar-refractivity contribution is 7.18. The van der Waals surface area contributed by atoms with Crippen molar-refractivity contribution in [3.8, 4) is 22.2 Å². The van der Waals surface area contributed by atoms with Gasteiger partial charge in [0.1, 0.15) is 5.69 Å². The molecule has 4 rings (SSSR count). The first-order chi connectivity index (χ1) is 15.6. The molecule has 1 N–H and O–H groups in total. The first kappa shape index (κ1) is 21.4. The molecule has 0 aliphatic heterocycles. The average Bonchev–Trinajstić information content (AvgIpc) is 3.28. The van der Waals surface area contributed by atoms with Crippen molar-refractivity contribution in [1.29, 1.82) is 0 Å². The lowest BCUT2D eigenvalue weighted by Crippen LogP contribution is -2.22. The first-order valence-electron chi connectivity index (χ1n) is 9.75. The maximum Gasteiger partial charge on any atom is 0.261 e. The van der Waals surface area contributed by atoms with Crippen LogP contribution in [0.15, 0.2) is 47.7 Å². The molecule has 1 amide bonds. The van der Waals surface area contributed by atoms with Crippen molar-refractivity contribution in [2.75, 3.05) is 19.5 Å². The van der Waals surface area contributed by atoms with Gasteiger partial charge in [0.25, 0.3) is 5.56 Å². The van der Waals surface area contributed by atoms with Crippen molar-refractivity contribution in [3.05, 3.63) is 53.2 Å². The third-order valence-electron chi connectivity index (χ3n) is 4.69. The largest absolute Gasteiger partial charge is 0.493 e. The number of aromatic nitrogens is 5. The Kier molecular flexibility index (Phi) is 6.36. The van der Waals surface area contributed by atoms with Crippen LogP contribution in [0.5, 0.6) is 11.5 Å². The molecule has 3 heterocycles. The standard InChI is InChI=1S/C21H20N6O4S/c1-30-16-10-13-15(11-17(16)31-2)23-12-27(20(13)29)9-5-7-18(28)24-21-26-25-19(32-21)14-6-3-4-8-22-14/h3-4,6,8,10-12H,5,7,9H2,1-2H3,(H,24,26,28). The van der Waals surface area contributed by atoms with E-state index in [9.17, 15) is 9.59 Å². The molecule has 0 aliphatic rings. The van der Waals surface area contributed by atoms with Gasteiger partial charge in [-0.2, -0.15) is 0 Å². The van der Waals surface area contributed by atoms with Crippen LogP contribution in [0, 0.1) is 0 Å². The van der Waals surface area contributed by atoms with Crippen molar-refractivity contribution in [1.82, 2.24) is 24.7 Å². The van der Waals surface area contributed by atoms with E-state index >= 15 is 0 Å². The number of rotatable bonds is 8. The summed E-state index contributed by atoms with van der Waals surface area (Å²) in [6.07, 6.45) is 3.82. The molecule has 0 aliphatic carbocycles. The number of nitrogens with zero attached hydrogens (tertiary/aromatic N) is 5. The molecule has 4 aromatic rings. The van der Waals surface area contributed by atoms with E-state index in [0.29, 0.717) is 51.2 Å². The van der Waals surface area contributed by atoms with E-state index in [4.69, 9.17) is 9.47 Å². The molecular weight excluding hydrogens is 432 g/mol. The summed E-state index contributed by atoms with van der Waals surface area (Å²) >= 11 is 1.25. The van der Waals surface area contributed by atoms with Gasteiger partial charge >= 0.3 is 0 Å². The number of hydrogen-bond donors (Lipinski definition) is 1. The first-order valence-corrected chi connectivity index (χ1v) is 10.6. The molecule has 11 heteroatoms. The fourth-order valence-corrected chi connectivity index (χ4v) is 3.84. The van der Waals surface area contributed by atoms with Crippen molar-refractivity contribution in [3.63, 3.8) is 0 Å². The second-order valence-electron chi connectivity index (χ2n) is 6.75. The highest BCUT2D eigenvalue weighted by Crippen LogP contribution is 2.29. The number of fused-ring (bicyclic) bond motifs is 1. The van der Waals surface area contributed by atoms with Crippen LogP contribution < -0.4 is 20.3 Å². The number of ether oxygens (including phenoxy) is 2. The van der Waals surface area contributed by atoms with Gasteiger partial charge in [0.2, 0.25) is 11.0 Å². The number of amides is 1. The minimum atomic E-state index is -0.208. The molecule has 32 heavy (non-hydrogen) atoms. The minimum Gasteiger partial charge on any atom is -0.493 e. The minimum absolute atomic E-state index is 0.207. The molecule has 0 saturated carbocycles. The van der Waals surface area contributed by atoms with Crippen LogP contribution in [-0.4, -0.2) is 44.9 Å². The van der Waals surface area contributed by atoms with Crippen LogP contribution in [-0.2, 0) is 11.3 Å². The summed E-state index contributed by atoms with van der Waals surface area (Å²) in [6.45, 7) is 0.346. The lowest BCUT2D eigenvalue weighted by molar-refractivity contribution is -0.116. The Morgan fingerprint density at radius 1 is 1.12 bits per heavy atom. The Balaban J connectivity index is 1.38. The third kappa shape index (κ3) is 4.57. The molecule has 3 aromatic heterocycles. The summed E-state index contributed by atoms with van der Waals surface area (Å²) in [5.74, 6) is 0.754. The van der Waals surface area contributed by atoms with Crippen molar-refractivity contribution >= 4 is 33.3 Å². The quantitative estimate of drug-likeness (QED) is 0.433. The summed E-state index contributed by atoms with van der Waals surface area (Å²) in [6, 6.07) is 8.78. The van der Waals surface area contributed by atoms with Gasteiger partial charge in [-0.1, -0.05) is 17.4 Å². The Hall–Kier alpha value is -3.86. The number of carbonyl (C=O) groups is 1. The fourth-order valence-electron chi connectivity index (χ4n) is 3.10. The monoisotopic (exact) mass is 452 g/mol. The van der Waals surface area contributed by atoms with Gasteiger partial charge in [0, 0.05) is 25.2 Å². The number of benzene rings is 1. The second kappa shape index (κ2) is 9.52. The summed E-state index contributed by atoms with van der Waals surface area (Å²) in [7, 11) is 3.03. The maximum absolute atomic E-state index is 12.8. The number of aryl methyl sites for hydroxylation is 1. The highest BCUT2D eigenvalue weighted by Gasteiger charge is 2.13. The molecule has 0 radical (unpaired) electrons. The highest BCUT2D eigenvalue weighted by atomic mass is 32.1. The fraction of sp³-hybridized carbons (Fsp3) is 0.238. The van der Waals surface area contributed by atoms with Gasteiger partial charge < -0.3 is 14.8 Å². The zero-order valence-corrected chi connectivity index (χ0v) is 18.3. The molecule has 164 valence electrons. The Morgan fingerprint density at radius 3 is 2.69 bits per heavy atom. The van der Waals surface area contributed by atoms with Gasteiger partial charge in [-0.15, -0.1) is 10.2 Å². The topological polar surface area (TPSA) is 121 Å². The lowest BCUT2D eigenvalue weighted by Gasteiger charge is -2.10. The van der Waals surface area contributed by atoms with E-state index in [1.54, 1.807) is 18.3 Å². The summed E-state index contributed by atoms with van der Waals surface area (Å²) in [5.41, 5.74) is 1.00. The predicted octanol–water partition coefficient (Wildman–Crippen LogP) is 2.75. The van der Waals surface area contributed by atoms with Gasteiger partial charge in [0.05, 0.1) is 31.4 Å². The molecule has 0 spiro atoms. The van der Waals surface area contributed by atoms with E-state index < -0.39 is 0 Å². The molecule has 10 nitrogen and oxygen atoms in total. The third-order valence-corrected chi connectivity index (χ3v) is 5.55. The van der Waals surface area contributed by atoms with E-state index in [0.717, 1.165) is 0 Å². The van der Waals surface area contributed by atoms with Crippen molar-refractivity contribution < 1.29 is 14.3 Å². The van der Waals surface area contributed by atoms with Crippen molar-refractivity contribution in [2.24, 2.45) is 0 Å². The van der Waals surface area contributed by atoms with Crippen LogP contribution in [0.4, 0.5) is 5.13 Å². The Morgan fingerprint density at radius 2 is 1.94 bits per heavy atom. The van der Waals surface area contributed by atoms with E-state index in [1.807, 2.05) is 18.2 Å². The predicted molar refractivity (Wildman–Crippen MR) is 120 cm³/mol. The number of carbonyl (C=O) groups excluding carboxylic acids is 1. The number of hydrogen-bond acceptors (Lipinski definition) is 9. The number of methoxy groups -OCH3 is 2. The van der Waals surface area contributed by atoms with E-state index in [1.165, 1.54) is 36.5 Å². The molecule has 0 atom stereocenters. The molecule has 0 fully saturated rings. The van der Waals surface area contributed by atoms with Gasteiger partial charge in [-0.25, -0.2) is 4.98 Å². The summed E-state index contributed by atoms with van der Waals surface area (Å²) in [4.78, 5) is 33.6. The van der Waals surface area contributed by atoms with Crippen LogP contribution in [0.25, 0.3) is 21.6 Å². The van der Waals surface area contributed by atoms with E-state index in [-0.39, 0.29) is 17.9 Å². The summed E-state index contributed by atoms with van der Waals surface area (Å²) < 4.78 is 12.0. The lowest BCUT2D eigenvalue weighted by atomic mass is 10.2. The average molecular weight is 452 g/mol. The zero-order valence-electron chi connectivity index (χ0n) is 17.4. The van der Waals surface area contributed by atoms with Crippen LogP contribution in [0.1, 0.15) is 12.8 Å². The molecule has 0 bridgehead atoms. The Bertz CT molecular complexity index is 1300. The normalized spacial score (nSPS) is 10.8. The van der Waals surface area contributed by atoms with Gasteiger partial charge in [0.15, 0.2) is 16.5 Å². The van der Waals surface area contributed by atoms with Crippen LogP contribution in [0.2, 0.25) is 0 Å². The smallest absolute Gasteiger partial charge is 0.261 e. The molecular formula is C21H20N6O4S. The van der Waals surface area contributed by atoms with E-state index in [2.05, 4.69) is 25.5 Å².